The van der Waals surface area contributed by atoms with E-state index in [0.29, 0.717) is 24.3 Å². The van der Waals surface area contributed by atoms with E-state index in [1.807, 2.05) is 56.4 Å². The van der Waals surface area contributed by atoms with Crippen molar-refractivity contribution in [3.63, 3.8) is 0 Å². The van der Waals surface area contributed by atoms with Crippen molar-refractivity contribution < 1.29 is 22.9 Å². The molecule has 1 atom stereocenters. The fraction of sp³-hybridized carbons (Fsp3) is 0.423. The van der Waals surface area contributed by atoms with Gasteiger partial charge in [0.1, 0.15) is 0 Å². The predicted molar refractivity (Wildman–Crippen MR) is 148 cm³/mol. The Bertz CT molecular complexity index is 1320. The van der Waals surface area contributed by atoms with Gasteiger partial charge in [0, 0.05) is 6.54 Å². The number of halogens is 4. The number of rotatable bonds is 5. The van der Waals surface area contributed by atoms with Crippen LogP contribution in [0.5, 0.6) is 0 Å². The zero-order valence-corrected chi connectivity index (χ0v) is 23.5. The first-order valence-corrected chi connectivity index (χ1v) is 16.1. The van der Waals surface area contributed by atoms with E-state index >= 15 is 0 Å². The van der Waals surface area contributed by atoms with Gasteiger partial charge >= 0.3 is 201 Å². The Balaban J connectivity index is 1.55. The first-order chi connectivity index (χ1) is 17.4. The SMILES string of the molecule is CC1(C)C2=C(C=CC(Nc3ncc(Cl)c(Nc4ccccc4P(C)(C)(C)O)n3)C2)CCN1C(=O)C(F)(F)F. The molecule has 1 aliphatic heterocycles. The van der Waals surface area contributed by atoms with Crippen LogP contribution in [-0.2, 0) is 4.79 Å². The second-order valence-corrected chi connectivity index (χ2v) is 17.6. The first kappa shape index (κ1) is 28.3. The summed E-state index contributed by atoms with van der Waals surface area (Å²) in [7, 11) is 0. The molecule has 4 rings (SSSR count). The van der Waals surface area contributed by atoms with Crippen molar-refractivity contribution in [3.8, 4) is 0 Å². The zero-order valence-electron chi connectivity index (χ0n) is 21.9. The Hall–Kier alpha value is -2.68. The molecule has 0 fully saturated rings. The van der Waals surface area contributed by atoms with Crippen molar-refractivity contribution in [3.05, 3.63) is 58.8 Å². The van der Waals surface area contributed by atoms with Gasteiger partial charge in [-0.25, -0.2) is 0 Å². The number of alkyl halides is 3. The topological polar surface area (TPSA) is 90.4 Å². The van der Waals surface area contributed by atoms with E-state index in [-0.39, 0.29) is 23.6 Å². The van der Waals surface area contributed by atoms with E-state index in [2.05, 4.69) is 20.6 Å². The van der Waals surface area contributed by atoms with Crippen molar-refractivity contribution in [2.45, 2.75) is 44.4 Å². The minimum absolute atomic E-state index is 0.00886. The Morgan fingerprint density at radius 1 is 1.24 bits per heavy atom. The summed E-state index contributed by atoms with van der Waals surface area (Å²) in [5.74, 6) is -1.21. The first-order valence-electron chi connectivity index (χ1n) is 12.1. The van der Waals surface area contributed by atoms with Gasteiger partial charge in [-0.3, -0.25) is 4.79 Å². The monoisotopic (exact) mass is 569 g/mol. The molecule has 12 heteroatoms. The van der Waals surface area contributed by atoms with Crippen LogP contribution >= 0.6 is 18.4 Å². The van der Waals surface area contributed by atoms with Gasteiger partial charge in [0.05, 0.1) is 0 Å². The number of carbonyl (C=O) groups is 1. The van der Waals surface area contributed by atoms with Crippen molar-refractivity contribution in [2.75, 3.05) is 37.2 Å². The summed E-state index contributed by atoms with van der Waals surface area (Å²) in [5.41, 5.74) is 1.29. The predicted octanol–water partition coefficient (Wildman–Crippen LogP) is 5.46. The molecule has 2 aliphatic rings. The van der Waals surface area contributed by atoms with Crippen molar-refractivity contribution >= 4 is 47.1 Å². The van der Waals surface area contributed by atoms with Gasteiger partial charge < -0.3 is 0 Å². The summed E-state index contributed by atoms with van der Waals surface area (Å²) in [5, 5.41) is 7.49. The standard InChI is InChI=1S/C26H32ClF3N5O2P/c1-25(2)18-14-17(11-10-16(18)12-13-35(25)23(36)26(28,29)30)32-24-31-15-19(27)22(34-24)33-20-8-6-7-9-21(20)38(3,4,5)37/h6-11,15,17,37H,12-14H2,1-5H3,(H2,31,32,33,34). The molecule has 2 heterocycles. The van der Waals surface area contributed by atoms with Crippen molar-refractivity contribution in [1.82, 2.24) is 14.9 Å². The number of amides is 1. The molecule has 1 amide bonds. The number of hydrogen-bond acceptors (Lipinski definition) is 6. The molecule has 1 unspecified atom stereocenters. The molecule has 0 saturated carbocycles. The average molecular weight is 570 g/mol. The van der Waals surface area contributed by atoms with Crippen molar-refractivity contribution in [1.29, 1.82) is 0 Å². The number of para-hydroxylation sites is 1. The Kier molecular flexibility index (Phi) is 7.09. The van der Waals surface area contributed by atoms with Crippen LogP contribution in [0, 0.1) is 0 Å². The Labute approximate surface area is 225 Å². The Morgan fingerprint density at radius 3 is 2.58 bits per heavy atom. The molecule has 1 aromatic heterocycles. The third-order valence-corrected chi connectivity index (χ3v) is 9.22. The average Bonchev–Trinajstić information content (AvgIpc) is 2.80. The van der Waals surface area contributed by atoms with Crippen LogP contribution in [0.25, 0.3) is 0 Å². The van der Waals surface area contributed by atoms with Gasteiger partial charge in [-0.15, -0.1) is 0 Å². The van der Waals surface area contributed by atoms with Crippen molar-refractivity contribution in [2.24, 2.45) is 0 Å². The number of allylic oxidation sites excluding steroid dienone is 1. The smallest absolute Gasteiger partial charge is 0.264 e. The molecular formula is C26H32ClF3N5O2P. The fourth-order valence-electron chi connectivity index (χ4n) is 4.98. The van der Waals surface area contributed by atoms with Gasteiger partial charge in [0.2, 0.25) is 0 Å². The maximum absolute atomic E-state index is 13.2. The van der Waals surface area contributed by atoms with Crippen LogP contribution in [0.3, 0.4) is 0 Å². The van der Waals surface area contributed by atoms with Crippen LogP contribution in [0.15, 0.2) is 53.8 Å². The number of benzene rings is 1. The number of aromatic nitrogens is 2. The molecule has 38 heavy (non-hydrogen) atoms. The molecule has 7 nitrogen and oxygen atoms in total. The summed E-state index contributed by atoms with van der Waals surface area (Å²) in [4.78, 5) is 32.9. The summed E-state index contributed by atoms with van der Waals surface area (Å²) in [6.07, 6.45) is 1.09. The molecule has 0 spiro atoms. The number of hydrogen-bond donors (Lipinski definition) is 3. The quantitative estimate of drug-likeness (QED) is 0.414. The molecule has 2 aromatic rings. The molecule has 1 aliphatic carbocycles. The van der Waals surface area contributed by atoms with Crippen LogP contribution < -0.4 is 15.9 Å². The van der Waals surface area contributed by atoms with E-state index in [0.717, 1.165) is 21.4 Å². The van der Waals surface area contributed by atoms with Crippen LogP contribution in [0.4, 0.5) is 30.6 Å². The van der Waals surface area contributed by atoms with Gasteiger partial charge in [-0.2, -0.15) is 13.2 Å². The zero-order chi connectivity index (χ0) is 28.1. The summed E-state index contributed by atoms with van der Waals surface area (Å²) >= 11 is 6.38. The van der Waals surface area contributed by atoms with Gasteiger partial charge in [0.15, 0.2) is 0 Å². The van der Waals surface area contributed by atoms with Crippen LogP contribution in [-0.4, -0.2) is 70.0 Å². The van der Waals surface area contributed by atoms with Crippen LogP contribution in [0.1, 0.15) is 26.7 Å². The summed E-state index contributed by atoms with van der Waals surface area (Å²) in [6.45, 7) is 5.68. The second-order valence-electron chi connectivity index (χ2n) is 11.3. The van der Waals surface area contributed by atoms with E-state index in [1.54, 1.807) is 13.8 Å². The summed E-state index contributed by atoms with van der Waals surface area (Å²) in [6, 6.07) is 7.10. The normalized spacial score (nSPS) is 20.4. The van der Waals surface area contributed by atoms with Gasteiger partial charge in [0.25, 0.3) is 0 Å². The second kappa shape index (κ2) is 9.50. The fourth-order valence-corrected chi connectivity index (χ4v) is 6.68. The molecular weight excluding hydrogens is 538 g/mol. The molecule has 0 radical (unpaired) electrons. The molecule has 3 N–H and O–H groups in total. The van der Waals surface area contributed by atoms with E-state index in [4.69, 9.17) is 11.6 Å². The Morgan fingerprint density at radius 2 is 1.92 bits per heavy atom. The molecule has 0 saturated heterocycles. The third kappa shape index (κ3) is 5.82. The van der Waals surface area contributed by atoms with E-state index in [9.17, 15) is 22.9 Å². The molecule has 206 valence electrons. The third-order valence-electron chi connectivity index (χ3n) is 6.89. The number of anilines is 3. The number of nitrogens with zero attached hydrogens (tertiary/aromatic N) is 3. The van der Waals surface area contributed by atoms with Gasteiger partial charge in [-0.05, 0) is 0 Å². The summed E-state index contributed by atoms with van der Waals surface area (Å²) < 4.78 is 39.7. The minimum Gasteiger partial charge on any atom is -0.264 e. The van der Waals surface area contributed by atoms with Gasteiger partial charge in [-0.1, -0.05) is 0 Å². The molecule has 0 bridgehead atoms. The van der Waals surface area contributed by atoms with E-state index in [1.165, 1.54) is 6.20 Å². The molecule has 1 aromatic carbocycles. The maximum atomic E-state index is 13.2. The van der Waals surface area contributed by atoms with E-state index < -0.39 is 24.5 Å². The number of nitrogens with one attached hydrogen (secondary N) is 2. The minimum atomic E-state index is -4.93. The van der Waals surface area contributed by atoms with Crippen LogP contribution in [0.2, 0.25) is 5.02 Å². The number of carbonyl (C=O) groups excluding carboxylic acids is 1.